The smallest absolute Gasteiger partial charge is 0.153 e. The van der Waals surface area contributed by atoms with Crippen LogP contribution >= 0.6 is 15.9 Å². The highest BCUT2D eigenvalue weighted by Gasteiger charge is 2.42. The molecule has 0 N–H and O–H groups in total. The van der Waals surface area contributed by atoms with Crippen LogP contribution in [0.3, 0.4) is 0 Å². The lowest BCUT2D eigenvalue weighted by molar-refractivity contribution is -0.123. The van der Waals surface area contributed by atoms with Crippen molar-refractivity contribution < 1.29 is 9.18 Å². The van der Waals surface area contributed by atoms with E-state index in [-0.39, 0.29) is 18.0 Å². The first-order valence-corrected chi connectivity index (χ1v) is 6.25. The molecule has 4 heteroatoms. The quantitative estimate of drug-likeness (QED) is 0.839. The lowest BCUT2D eigenvalue weighted by Gasteiger charge is -2.18. The highest BCUT2D eigenvalue weighted by atomic mass is 79.9. The highest BCUT2D eigenvalue weighted by Crippen LogP contribution is 2.38. The van der Waals surface area contributed by atoms with Gasteiger partial charge >= 0.3 is 0 Å². The summed E-state index contributed by atoms with van der Waals surface area (Å²) in [5, 5.41) is 9.19. The summed E-state index contributed by atoms with van der Waals surface area (Å²) in [7, 11) is 0. The van der Waals surface area contributed by atoms with E-state index in [4.69, 9.17) is 0 Å². The van der Waals surface area contributed by atoms with Gasteiger partial charge in [0.1, 0.15) is 11.2 Å². The van der Waals surface area contributed by atoms with Gasteiger partial charge in [0.25, 0.3) is 0 Å². The van der Waals surface area contributed by atoms with E-state index in [1.165, 1.54) is 6.07 Å². The summed E-state index contributed by atoms with van der Waals surface area (Å²) >= 11 is 3.18. The van der Waals surface area contributed by atoms with Crippen molar-refractivity contribution in [3.8, 4) is 6.07 Å². The minimum atomic E-state index is -1.01. The number of halogens is 2. The Bertz CT molecular complexity index is 509. The van der Waals surface area contributed by atoms with Gasteiger partial charge in [0.15, 0.2) is 5.78 Å². The van der Waals surface area contributed by atoms with Crippen molar-refractivity contribution >= 4 is 21.7 Å². The fourth-order valence-electron chi connectivity index (χ4n) is 2.26. The third-order valence-electron chi connectivity index (χ3n) is 3.26. The second kappa shape index (κ2) is 4.58. The molecule has 1 aromatic carbocycles. The van der Waals surface area contributed by atoms with E-state index in [0.717, 1.165) is 6.42 Å². The molecular weight excluding hydrogens is 285 g/mol. The molecule has 0 spiro atoms. The zero-order valence-corrected chi connectivity index (χ0v) is 10.8. The van der Waals surface area contributed by atoms with Crippen molar-refractivity contribution in [2.24, 2.45) is 5.41 Å². The van der Waals surface area contributed by atoms with Crippen LogP contribution in [-0.4, -0.2) is 5.78 Å². The number of carbonyl (C=O) groups is 1. The van der Waals surface area contributed by atoms with Crippen LogP contribution in [0.5, 0.6) is 0 Å². The number of nitrogens with zero attached hydrogens (tertiary/aromatic N) is 1. The topological polar surface area (TPSA) is 40.9 Å². The van der Waals surface area contributed by atoms with Crippen molar-refractivity contribution in [2.75, 3.05) is 0 Å². The van der Waals surface area contributed by atoms with Crippen LogP contribution in [0, 0.1) is 22.6 Å². The lowest BCUT2D eigenvalue weighted by atomic mass is 9.80. The molecule has 0 aromatic heterocycles. The van der Waals surface area contributed by atoms with E-state index in [1.807, 2.05) is 0 Å². The number of hydrogen-bond acceptors (Lipinski definition) is 2. The summed E-state index contributed by atoms with van der Waals surface area (Å²) in [6.07, 6.45) is 1.88. The van der Waals surface area contributed by atoms with Crippen molar-refractivity contribution in [2.45, 2.75) is 25.7 Å². The summed E-state index contributed by atoms with van der Waals surface area (Å²) in [4.78, 5) is 11.8. The molecule has 1 aromatic rings. The molecule has 2 nitrogen and oxygen atoms in total. The SMILES string of the molecule is N#CC1(Cc2ccc(Br)cc2F)CCCC1=O. The van der Waals surface area contributed by atoms with E-state index in [2.05, 4.69) is 22.0 Å². The lowest BCUT2D eigenvalue weighted by Crippen LogP contribution is -2.26. The third-order valence-corrected chi connectivity index (χ3v) is 3.76. The van der Waals surface area contributed by atoms with Gasteiger partial charge in [-0.3, -0.25) is 4.79 Å². The number of carbonyl (C=O) groups excluding carboxylic acids is 1. The first kappa shape index (κ1) is 12.3. The minimum Gasteiger partial charge on any atom is -0.298 e. The van der Waals surface area contributed by atoms with E-state index >= 15 is 0 Å². The maximum atomic E-state index is 13.7. The van der Waals surface area contributed by atoms with Crippen molar-refractivity contribution in [3.05, 3.63) is 34.1 Å². The fourth-order valence-corrected chi connectivity index (χ4v) is 2.60. The summed E-state index contributed by atoms with van der Waals surface area (Å²) in [5.74, 6) is -0.420. The van der Waals surface area contributed by atoms with Gasteiger partial charge in [-0.05, 0) is 30.5 Å². The number of nitriles is 1. The van der Waals surface area contributed by atoms with E-state index < -0.39 is 5.41 Å². The standard InChI is InChI=1S/C13H11BrFNO/c14-10-4-3-9(11(15)6-10)7-13(8-16)5-1-2-12(13)17/h3-4,6H,1-2,5,7H2. The molecule has 88 valence electrons. The molecular formula is C13H11BrFNO. The molecule has 0 radical (unpaired) electrons. The van der Waals surface area contributed by atoms with Crippen molar-refractivity contribution in [1.29, 1.82) is 5.26 Å². The van der Waals surface area contributed by atoms with Gasteiger partial charge in [-0.25, -0.2) is 4.39 Å². The normalized spacial score (nSPS) is 23.7. The van der Waals surface area contributed by atoms with Crippen LogP contribution in [0.15, 0.2) is 22.7 Å². The minimum absolute atomic E-state index is 0.0534. The molecule has 2 rings (SSSR count). The molecule has 1 aliphatic carbocycles. The first-order valence-electron chi connectivity index (χ1n) is 5.46. The van der Waals surface area contributed by atoms with Crippen LogP contribution in [0.2, 0.25) is 0 Å². The number of rotatable bonds is 2. The van der Waals surface area contributed by atoms with Crippen molar-refractivity contribution in [3.63, 3.8) is 0 Å². The number of ketones is 1. The number of Topliss-reactive ketones (excluding diaryl/α,β-unsaturated/α-hetero) is 1. The maximum absolute atomic E-state index is 13.7. The highest BCUT2D eigenvalue weighted by molar-refractivity contribution is 9.10. The van der Waals surface area contributed by atoms with Crippen LogP contribution in [0.1, 0.15) is 24.8 Å². The second-order valence-electron chi connectivity index (χ2n) is 4.38. The zero-order chi connectivity index (χ0) is 12.5. The Hall–Kier alpha value is -1.21. The van der Waals surface area contributed by atoms with E-state index in [1.54, 1.807) is 12.1 Å². The summed E-state index contributed by atoms with van der Waals surface area (Å²) in [5.41, 5.74) is -0.570. The van der Waals surface area contributed by atoms with Gasteiger partial charge in [-0.1, -0.05) is 22.0 Å². The molecule has 1 saturated carbocycles. The van der Waals surface area contributed by atoms with Gasteiger partial charge in [0.2, 0.25) is 0 Å². The molecule has 1 unspecified atom stereocenters. The maximum Gasteiger partial charge on any atom is 0.153 e. The molecule has 0 amide bonds. The molecule has 1 aliphatic rings. The summed E-state index contributed by atoms with van der Waals surface area (Å²) < 4.78 is 14.3. The van der Waals surface area contributed by atoms with Crippen LogP contribution in [0.25, 0.3) is 0 Å². The van der Waals surface area contributed by atoms with Crippen LogP contribution in [0.4, 0.5) is 4.39 Å². The first-order chi connectivity index (χ1) is 8.07. The second-order valence-corrected chi connectivity index (χ2v) is 5.30. The Balaban J connectivity index is 2.31. The fraction of sp³-hybridized carbons (Fsp3) is 0.385. The summed E-state index contributed by atoms with van der Waals surface area (Å²) in [6, 6.07) is 6.80. The molecule has 1 fully saturated rings. The zero-order valence-electron chi connectivity index (χ0n) is 9.17. The Morgan fingerprint density at radius 3 is 2.82 bits per heavy atom. The average molecular weight is 296 g/mol. The van der Waals surface area contributed by atoms with Gasteiger partial charge < -0.3 is 0 Å². The van der Waals surface area contributed by atoms with Crippen LogP contribution in [-0.2, 0) is 11.2 Å². The molecule has 0 heterocycles. The van der Waals surface area contributed by atoms with Gasteiger partial charge in [0.05, 0.1) is 6.07 Å². The largest absolute Gasteiger partial charge is 0.298 e. The average Bonchev–Trinajstić information content (AvgIpc) is 2.65. The van der Waals surface area contributed by atoms with Gasteiger partial charge in [-0.15, -0.1) is 0 Å². The predicted octanol–water partition coefficient (Wildman–Crippen LogP) is 3.39. The monoisotopic (exact) mass is 295 g/mol. The Kier molecular flexibility index (Phi) is 3.30. The Labute approximate surface area is 108 Å². The predicted molar refractivity (Wildman–Crippen MR) is 64.7 cm³/mol. The van der Waals surface area contributed by atoms with Gasteiger partial charge in [0, 0.05) is 17.3 Å². The number of hydrogen-bond donors (Lipinski definition) is 0. The van der Waals surface area contributed by atoms with Crippen molar-refractivity contribution in [1.82, 2.24) is 0 Å². The van der Waals surface area contributed by atoms with Crippen LogP contribution < -0.4 is 0 Å². The molecule has 0 saturated heterocycles. The Morgan fingerprint density at radius 1 is 1.53 bits per heavy atom. The molecule has 1 atom stereocenters. The van der Waals surface area contributed by atoms with E-state index in [9.17, 15) is 14.4 Å². The molecule has 17 heavy (non-hydrogen) atoms. The molecule has 0 bridgehead atoms. The molecule has 0 aliphatic heterocycles. The Morgan fingerprint density at radius 2 is 2.29 bits per heavy atom. The third kappa shape index (κ3) is 2.25. The van der Waals surface area contributed by atoms with E-state index in [0.29, 0.717) is 22.9 Å². The number of benzene rings is 1. The van der Waals surface area contributed by atoms with Gasteiger partial charge in [-0.2, -0.15) is 5.26 Å². The summed E-state index contributed by atoms with van der Waals surface area (Å²) in [6.45, 7) is 0.